The van der Waals surface area contributed by atoms with Gasteiger partial charge in [0.2, 0.25) is 15.9 Å². The van der Waals surface area contributed by atoms with E-state index >= 15 is 0 Å². The number of amides is 1. The first-order valence-electron chi connectivity index (χ1n) is 7.65. The highest BCUT2D eigenvalue weighted by Crippen LogP contribution is 2.35. The van der Waals surface area contributed by atoms with Crippen LogP contribution in [0.1, 0.15) is 25.6 Å². The molecule has 25 heavy (non-hydrogen) atoms. The van der Waals surface area contributed by atoms with Gasteiger partial charge in [-0.15, -0.1) is 0 Å². The fourth-order valence-corrected chi connectivity index (χ4v) is 3.72. The van der Waals surface area contributed by atoms with E-state index in [0.29, 0.717) is 23.2 Å². The molecule has 134 valence electrons. The van der Waals surface area contributed by atoms with Crippen LogP contribution in [0.2, 0.25) is 0 Å². The van der Waals surface area contributed by atoms with Gasteiger partial charge in [0.1, 0.15) is 5.75 Å². The third kappa shape index (κ3) is 3.64. The van der Waals surface area contributed by atoms with Gasteiger partial charge in [-0.1, -0.05) is 5.16 Å². The molecule has 2 aromatic rings. The zero-order chi connectivity index (χ0) is 18.2. The van der Waals surface area contributed by atoms with Gasteiger partial charge in [0.15, 0.2) is 12.4 Å². The Labute approximate surface area is 145 Å². The van der Waals surface area contributed by atoms with Crippen molar-refractivity contribution in [3.8, 4) is 5.75 Å². The predicted molar refractivity (Wildman–Crippen MR) is 87.6 cm³/mol. The maximum atomic E-state index is 12.4. The summed E-state index contributed by atoms with van der Waals surface area (Å²) in [6.45, 7) is 5.03. The standard InChI is InChI=1S/C15H18N4O5S/c1-9(2)18-25(21,22)11-4-5-13-12(6-11)19(15(20)8-23-13)7-14-16-10(3)24-17-14/h4-6,9,18H,7-8H2,1-3H3. The molecule has 0 spiro atoms. The first-order valence-corrected chi connectivity index (χ1v) is 9.13. The normalized spacial score (nSPS) is 14.6. The van der Waals surface area contributed by atoms with E-state index in [2.05, 4.69) is 14.9 Å². The van der Waals surface area contributed by atoms with E-state index in [-0.39, 0.29) is 30.0 Å². The number of aromatic nitrogens is 2. The number of carbonyl (C=O) groups excluding carboxylic acids is 1. The molecule has 1 amide bonds. The molecule has 1 N–H and O–H groups in total. The maximum Gasteiger partial charge on any atom is 0.265 e. The number of aryl methyl sites for hydroxylation is 1. The smallest absolute Gasteiger partial charge is 0.265 e. The molecule has 0 fully saturated rings. The monoisotopic (exact) mass is 366 g/mol. The van der Waals surface area contributed by atoms with Crippen molar-refractivity contribution in [2.45, 2.75) is 38.3 Å². The average Bonchev–Trinajstić information content (AvgIpc) is 2.93. The van der Waals surface area contributed by atoms with Crippen LogP contribution in [-0.4, -0.2) is 37.1 Å². The molecule has 0 saturated heterocycles. The molecule has 0 radical (unpaired) electrons. The van der Waals surface area contributed by atoms with Crippen molar-refractivity contribution in [3.05, 3.63) is 29.9 Å². The van der Waals surface area contributed by atoms with E-state index in [1.165, 1.54) is 23.1 Å². The average molecular weight is 366 g/mol. The molecular formula is C15H18N4O5S. The van der Waals surface area contributed by atoms with Crippen molar-refractivity contribution in [2.75, 3.05) is 11.5 Å². The highest BCUT2D eigenvalue weighted by Gasteiger charge is 2.29. The van der Waals surface area contributed by atoms with Gasteiger partial charge in [0, 0.05) is 13.0 Å². The number of nitrogens with zero attached hydrogens (tertiary/aromatic N) is 3. The minimum atomic E-state index is -3.70. The summed E-state index contributed by atoms with van der Waals surface area (Å²) < 4.78 is 37.6. The first-order chi connectivity index (χ1) is 11.8. The molecule has 1 aromatic carbocycles. The summed E-state index contributed by atoms with van der Waals surface area (Å²) in [5, 5.41) is 3.78. The highest BCUT2D eigenvalue weighted by atomic mass is 32.2. The minimum absolute atomic E-state index is 0.0487. The first kappa shape index (κ1) is 17.4. The molecule has 1 aliphatic heterocycles. The largest absolute Gasteiger partial charge is 0.482 e. The molecular weight excluding hydrogens is 348 g/mol. The fraction of sp³-hybridized carbons (Fsp3) is 0.400. The van der Waals surface area contributed by atoms with Gasteiger partial charge < -0.3 is 9.26 Å². The Morgan fingerprint density at radius 3 is 2.76 bits per heavy atom. The minimum Gasteiger partial charge on any atom is -0.482 e. The third-order valence-corrected chi connectivity index (χ3v) is 5.10. The van der Waals surface area contributed by atoms with E-state index in [1.54, 1.807) is 20.8 Å². The van der Waals surface area contributed by atoms with E-state index in [0.717, 1.165) is 0 Å². The lowest BCUT2D eigenvalue weighted by Crippen LogP contribution is -2.39. The van der Waals surface area contributed by atoms with Crippen LogP contribution in [0.5, 0.6) is 5.75 Å². The fourth-order valence-electron chi connectivity index (χ4n) is 2.45. The Morgan fingerprint density at radius 1 is 1.36 bits per heavy atom. The molecule has 9 nitrogen and oxygen atoms in total. The summed E-state index contributed by atoms with van der Waals surface area (Å²) in [7, 11) is -3.70. The predicted octanol–water partition coefficient (Wildman–Crippen LogP) is 0.990. The summed E-state index contributed by atoms with van der Waals surface area (Å²) in [5.41, 5.74) is 0.352. The molecule has 1 aliphatic rings. The van der Waals surface area contributed by atoms with Crippen LogP contribution >= 0.6 is 0 Å². The molecule has 10 heteroatoms. The van der Waals surface area contributed by atoms with Gasteiger partial charge in [-0.2, -0.15) is 4.98 Å². The summed E-state index contributed by atoms with van der Waals surface area (Å²) >= 11 is 0. The van der Waals surface area contributed by atoms with Gasteiger partial charge in [0.05, 0.1) is 17.1 Å². The van der Waals surface area contributed by atoms with Crippen molar-refractivity contribution >= 4 is 21.6 Å². The maximum absolute atomic E-state index is 12.4. The number of hydrogen-bond acceptors (Lipinski definition) is 7. The molecule has 0 unspecified atom stereocenters. The molecule has 1 aromatic heterocycles. The Balaban J connectivity index is 1.98. The summed E-state index contributed by atoms with van der Waals surface area (Å²) in [4.78, 5) is 17.8. The Bertz CT molecular complexity index is 906. The summed E-state index contributed by atoms with van der Waals surface area (Å²) in [6.07, 6.45) is 0. The number of benzene rings is 1. The van der Waals surface area contributed by atoms with Crippen LogP contribution < -0.4 is 14.4 Å². The van der Waals surface area contributed by atoms with E-state index < -0.39 is 10.0 Å². The lowest BCUT2D eigenvalue weighted by molar-refractivity contribution is -0.121. The lowest BCUT2D eigenvalue weighted by Gasteiger charge is -2.28. The van der Waals surface area contributed by atoms with Crippen molar-refractivity contribution < 1.29 is 22.5 Å². The number of sulfonamides is 1. The van der Waals surface area contributed by atoms with Crippen LogP contribution in [0.25, 0.3) is 0 Å². The van der Waals surface area contributed by atoms with E-state index in [9.17, 15) is 13.2 Å². The van der Waals surface area contributed by atoms with Crippen molar-refractivity contribution in [3.63, 3.8) is 0 Å². The molecule has 3 rings (SSSR count). The second-order valence-electron chi connectivity index (χ2n) is 5.90. The second-order valence-corrected chi connectivity index (χ2v) is 7.62. The second kappa shape index (κ2) is 6.45. The number of ether oxygens (including phenoxy) is 1. The summed E-state index contributed by atoms with van der Waals surface area (Å²) in [6, 6.07) is 4.13. The van der Waals surface area contributed by atoms with Crippen LogP contribution in [0, 0.1) is 6.92 Å². The molecule has 2 heterocycles. The molecule has 0 saturated carbocycles. The molecule has 0 atom stereocenters. The van der Waals surface area contributed by atoms with Crippen LogP contribution in [0.4, 0.5) is 5.69 Å². The molecule has 0 bridgehead atoms. The van der Waals surface area contributed by atoms with Gasteiger partial charge in [-0.05, 0) is 32.0 Å². The van der Waals surface area contributed by atoms with Gasteiger partial charge in [0.25, 0.3) is 5.91 Å². The highest BCUT2D eigenvalue weighted by molar-refractivity contribution is 7.89. The van der Waals surface area contributed by atoms with Gasteiger partial charge in [-0.3, -0.25) is 9.69 Å². The Morgan fingerprint density at radius 2 is 2.12 bits per heavy atom. The van der Waals surface area contributed by atoms with Crippen molar-refractivity contribution in [2.24, 2.45) is 0 Å². The Hall–Kier alpha value is -2.46. The number of anilines is 1. The Kier molecular flexibility index (Phi) is 4.48. The van der Waals surface area contributed by atoms with Crippen molar-refractivity contribution in [1.29, 1.82) is 0 Å². The number of hydrogen-bond donors (Lipinski definition) is 1. The van der Waals surface area contributed by atoms with Gasteiger partial charge in [-0.25, -0.2) is 13.1 Å². The van der Waals surface area contributed by atoms with Gasteiger partial charge >= 0.3 is 0 Å². The molecule has 0 aliphatic carbocycles. The zero-order valence-corrected chi connectivity index (χ0v) is 14.8. The van der Waals surface area contributed by atoms with Crippen LogP contribution in [0.3, 0.4) is 0 Å². The van der Waals surface area contributed by atoms with Crippen LogP contribution in [-0.2, 0) is 21.4 Å². The SMILES string of the molecule is Cc1nc(CN2C(=O)COc3ccc(S(=O)(=O)NC(C)C)cc32)no1. The van der Waals surface area contributed by atoms with E-state index in [4.69, 9.17) is 9.26 Å². The number of fused-ring (bicyclic) bond motifs is 1. The number of carbonyl (C=O) groups is 1. The zero-order valence-electron chi connectivity index (χ0n) is 14.0. The quantitative estimate of drug-likeness (QED) is 0.839. The van der Waals surface area contributed by atoms with Crippen LogP contribution in [0.15, 0.2) is 27.6 Å². The topological polar surface area (TPSA) is 115 Å². The number of rotatable bonds is 5. The van der Waals surface area contributed by atoms with E-state index in [1.807, 2.05) is 0 Å². The van der Waals surface area contributed by atoms with Crippen molar-refractivity contribution in [1.82, 2.24) is 14.9 Å². The lowest BCUT2D eigenvalue weighted by atomic mass is 10.2. The summed E-state index contributed by atoms with van der Waals surface area (Å²) in [5.74, 6) is 0.810. The number of nitrogens with one attached hydrogen (secondary N) is 1. The third-order valence-electron chi connectivity index (χ3n) is 3.44.